The molecule has 0 unspecified atom stereocenters. The molecule has 0 aliphatic carbocycles. The monoisotopic (exact) mass is 276 g/mol. The summed E-state index contributed by atoms with van der Waals surface area (Å²) in [6, 6.07) is 2.08. The number of rotatable bonds is 5. The lowest BCUT2D eigenvalue weighted by atomic mass is 10.4. The lowest BCUT2D eigenvalue weighted by Crippen LogP contribution is -2.24. The van der Waals surface area contributed by atoms with Crippen molar-refractivity contribution < 1.29 is 4.79 Å². The Morgan fingerprint density at radius 3 is 3.00 bits per heavy atom. The van der Waals surface area contributed by atoms with Crippen LogP contribution in [0.25, 0.3) is 0 Å². The zero-order chi connectivity index (χ0) is 10.4. The van der Waals surface area contributed by atoms with Crippen molar-refractivity contribution in [1.29, 1.82) is 0 Å². The van der Waals surface area contributed by atoms with Gasteiger partial charge in [-0.2, -0.15) is 0 Å². The third kappa shape index (κ3) is 4.21. The standard InChI is InChI=1S/C9H13BrN2OS/c1-11-9(13)2-3-12-5-8-4-7(10)6-14-8/h4,6,12H,2-3,5H2,1H3,(H,11,13). The molecule has 1 aromatic heterocycles. The quantitative estimate of drug-likeness (QED) is 0.805. The first-order chi connectivity index (χ1) is 6.72. The first-order valence-electron chi connectivity index (χ1n) is 4.36. The van der Waals surface area contributed by atoms with Crippen LogP contribution in [0, 0.1) is 0 Å². The highest BCUT2D eigenvalue weighted by atomic mass is 79.9. The van der Waals surface area contributed by atoms with E-state index < -0.39 is 0 Å². The Balaban J connectivity index is 2.13. The van der Waals surface area contributed by atoms with Crippen molar-refractivity contribution in [2.24, 2.45) is 0 Å². The van der Waals surface area contributed by atoms with Crippen LogP contribution in [0.4, 0.5) is 0 Å². The number of amides is 1. The molecule has 1 rings (SSSR count). The Bertz CT molecular complexity index is 301. The van der Waals surface area contributed by atoms with Crippen molar-refractivity contribution in [1.82, 2.24) is 10.6 Å². The van der Waals surface area contributed by atoms with Crippen LogP contribution in [0.1, 0.15) is 11.3 Å². The lowest BCUT2D eigenvalue weighted by Gasteiger charge is -2.01. The van der Waals surface area contributed by atoms with Crippen LogP contribution in [-0.2, 0) is 11.3 Å². The molecule has 0 fully saturated rings. The van der Waals surface area contributed by atoms with Crippen molar-refractivity contribution in [3.8, 4) is 0 Å². The van der Waals surface area contributed by atoms with Gasteiger partial charge in [0, 0.05) is 41.3 Å². The fraction of sp³-hybridized carbons (Fsp3) is 0.444. The average Bonchev–Trinajstić information content (AvgIpc) is 2.58. The Morgan fingerprint density at radius 1 is 1.64 bits per heavy atom. The number of thiophene rings is 1. The van der Waals surface area contributed by atoms with Gasteiger partial charge in [-0.15, -0.1) is 11.3 Å². The second-order valence-electron chi connectivity index (χ2n) is 2.83. The largest absolute Gasteiger partial charge is 0.359 e. The highest BCUT2D eigenvalue weighted by Crippen LogP contribution is 2.19. The van der Waals surface area contributed by atoms with Gasteiger partial charge in [-0.05, 0) is 22.0 Å². The minimum Gasteiger partial charge on any atom is -0.359 e. The van der Waals surface area contributed by atoms with E-state index in [9.17, 15) is 4.79 Å². The minimum absolute atomic E-state index is 0.0739. The maximum absolute atomic E-state index is 10.9. The van der Waals surface area contributed by atoms with Crippen molar-refractivity contribution in [2.45, 2.75) is 13.0 Å². The minimum atomic E-state index is 0.0739. The zero-order valence-corrected chi connectivity index (χ0v) is 10.4. The van der Waals surface area contributed by atoms with Crippen molar-refractivity contribution in [3.05, 3.63) is 20.8 Å². The third-order valence-electron chi connectivity index (χ3n) is 1.73. The topological polar surface area (TPSA) is 41.1 Å². The van der Waals surface area contributed by atoms with Crippen LogP contribution >= 0.6 is 27.3 Å². The second kappa shape index (κ2) is 6.16. The van der Waals surface area contributed by atoms with Gasteiger partial charge in [0.2, 0.25) is 5.91 Å². The van der Waals surface area contributed by atoms with E-state index in [0.717, 1.165) is 17.6 Å². The smallest absolute Gasteiger partial charge is 0.221 e. The van der Waals surface area contributed by atoms with Crippen LogP contribution in [0.2, 0.25) is 0 Å². The van der Waals surface area contributed by atoms with Gasteiger partial charge >= 0.3 is 0 Å². The molecule has 2 N–H and O–H groups in total. The predicted octanol–water partition coefficient (Wildman–Crippen LogP) is 1.74. The van der Waals surface area contributed by atoms with Gasteiger partial charge < -0.3 is 10.6 Å². The number of halogens is 1. The Kier molecular flexibility index (Phi) is 5.14. The van der Waals surface area contributed by atoms with Gasteiger partial charge in [-0.1, -0.05) is 0 Å². The van der Waals surface area contributed by atoms with Crippen molar-refractivity contribution >= 4 is 33.2 Å². The lowest BCUT2D eigenvalue weighted by molar-refractivity contribution is -0.120. The summed E-state index contributed by atoms with van der Waals surface area (Å²) in [5.41, 5.74) is 0. The second-order valence-corrected chi connectivity index (χ2v) is 4.74. The SMILES string of the molecule is CNC(=O)CCNCc1cc(Br)cs1. The fourth-order valence-electron chi connectivity index (χ4n) is 0.985. The summed E-state index contributed by atoms with van der Waals surface area (Å²) >= 11 is 5.10. The molecule has 1 amide bonds. The van der Waals surface area contributed by atoms with E-state index in [0.29, 0.717) is 6.42 Å². The molecule has 0 aliphatic heterocycles. The summed E-state index contributed by atoms with van der Waals surface area (Å²) in [5.74, 6) is 0.0739. The van der Waals surface area contributed by atoms with Gasteiger partial charge in [0.05, 0.1) is 0 Å². The van der Waals surface area contributed by atoms with E-state index in [1.54, 1.807) is 18.4 Å². The van der Waals surface area contributed by atoms with Gasteiger partial charge in [0.15, 0.2) is 0 Å². The van der Waals surface area contributed by atoms with E-state index in [1.807, 2.05) is 0 Å². The van der Waals surface area contributed by atoms with Gasteiger partial charge in [0.1, 0.15) is 0 Å². The molecule has 0 bridgehead atoms. The van der Waals surface area contributed by atoms with E-state index in [4.69, 9.17) is 0 Å². The zero-order valence-electron chi connectivity index (χ0n) is 7.97. The van der Waals surface area contributed by atoms with Crippen LogP contribution in [-0.4, -0.2) is 19.5 Å². The Hall–Kier alpha value is -0.390. The number of carbonyl (C=O) groups is 1. The maximum atomic E-state index is 10.9. The van der Waals surface area contributed by atoms with Crippen molar-refractivity contribution in [3.63, 3.8) is 0 Å². The Morgan fingerprint density at radius 2 is 2.43 bits per heavy atom. The van der Waals surface area contributed by atoms with Crippen LogP contribution < -0.4 is 10.6 Å². The van der Waals surface area contributed by atoms with E-state index in [2.05, 4.69) is 38.0 Å². The number of hydrogen-bond acceptors (Lipinski definition) is 3. The molecule has 5 heteroatoms. The summed E-state index contributed by atoms with van der Waals surface area (Å²) in [4.78, 5) is 12.1. The Labute approximate surface area is 96.0 Å². The number of nitrogens with one attached hydrogen (secondary N) is 2. The average molecular weight is 277 g/mol. The normalized spacial score (nSPS) is 10.1. The highest BCUT2D eigenvalue weighted by Gasteiger charge is 1.99. The van der Waals surface area contributed by atoms with Gasteiger partial charge in [-0.25, -0.2) is 0 Å². The molecular formula is C9H13BrN2OS. The molecule has 0 saturated heterocycles. The molecule has 3 nitrogen and oxygen atoms in total. The number of carbonyl (C=O) groups excluding carboxylic acids is 1. The molecule has 1 heterocycles. The fourth-order valence-corrected chi connectivity index (χ4v) is 2.41. The van der Waals surface area contributed by atoms with Crippen LogP contribution in [0.5, 0.6) is 0 Å². The predicted molar refractivity (Wildman–Crippen MR) is 62.4 cm³/mol. The van der Waals surface area contributed by atoms with Crippen LogP contribution in [0.3, 0.4) is 0 Å². The summed E-state index contributed by atoms with van der Waals surface area (Å²) in [6.07, 6.45) is 0.531. The molecule has 0 aliphatic rings. The van der Waals surface area contributed by atoms with Crippen molar-refractivity contribution in [2.75, 3.05) is 13.6 Å². The molecule has 0 radical (unpaired) electrons. The van der Waals surface area contributed by atoms with E-state index in [-0.39, 0.29) is 5.91 Å². The molecule has 0 saturated carbocycles. The molecule has 14 heavy (non-hydrogen) atoms. The number of hydrogen-bond donors (Lipinski definition) is 2. The molecule has 0 atom stereocenters. The molecule has 78 valence electrons. The highest BCUT2D eigenvalue weighted by molar-refractivity contribution is 9.10. The summed E-state index contributed by atoms with van der Waals surface area (Å²) in [5, 5.41) is 7.84. The third-order valence-corrected chi connectivity index (χ3v) is 3.43. The summed E-state index contributed by atoms with van der Waals surface area (Å²) in [6.45, 7) is 1.54. The summed E-state index contributed by atoms with van der Waals surface area (Å²) < 4.78 is 1.12. The molecule has 0 spiro atoms. The van der Waals surface area contributed by atoms with E-state index >= 15 is 0 Å². The maximum Gasteiger partial charge on any atom is 0.221 e. The van der Waals surface area contributed by atoms with Gasteiger partial charge in [-0.3, -0.25) is 4.79 Å². The summed E-state index contributed by atoms with van der Waals surface area (Å²) in [7, 11) is 1.65. The van der Waals surface area contributed by atoms with Gasteiger partial charge in [0.25, 0.3) is 0 Å². The molecule has 1 aromatic rings. The first kappa shape index (κ1) is 11.7. The van der Waals surface area contributed by atoms with E-state index in [1.165, 1.54) is 4.88 Å². The molecular weight excluding hydrogens is 264 g/mol. The molecule has 0 aromatic carbocycles. The van der Waals surface area contributed by atoms with Crippen LogP contribution in [0.15, 0.2) is 15.9 Å². The first-order valence-corrected chi connectivity index (χ1v) is 6.04.